The second-order valence-electron chi connectivity index (χ2n) is 4.88. The molecule has 0 N–H and O–H groups in total. The fourth-order valence-corrected chi connectivity index (χ4v) is 2.22. The number of benzene rings is 3. The molecule has 0 bridgehead atoms. The summed E-state index contributed by atoms with van der Waals surface area (Å²) in [5.74, 6) is -2.18. The second-order valence-corrected chi connectivity index (χ2v) is 4.88. The van der Waals surface area contributed by atoms with Gasteiger partial charge in [-0.15, -0.1) is 0 Å². The number of hydrogen-bond donors (Lipinski definition) is 0. The van der Waals surface area contributed by atoms with Gasteiger partial charge >= 0.3 is 5.97 Å². The third-order valence-electron chi connectivity index (χ3n) is 3.32. The normalized spacial score (nSPS) is 10.3. The van der Waals surface area contributed by atoms with Gasteiger partial charge in [0, 0.05) is 5.56 Å². The summed E-state index contributed by atoms with van der Waals surface area (Å²) in [5, 5.41) is 0. The van der Waals surface area contributed by atoms with Crippen LogP contribution in [0.5, 0.6) is 5.75 Å². The van der Waals surface area contributed by atoms with Gasteiger partial charge in [0.2, 0.25) is 0 Å². The van der Waals surface area contributed by atoms with Crippen LogP contribution in [0.3, 0.4) is 0 Å². The zero-order valence-corrected chi connectivity index (χ0v) is 12.0. The Morgan fingerprint density at radius 1 is 0.826 bits per heavy atom. The Labute approximate surface area is 132 Å². The Morgan fingerprint density at radius 3 is 2.30 bits per heavy atom. The Balaban J connectivity index is 1.95. The molecule has 3 aromatic rings. The maximum atomic E-state index is 13.7. The minimum absolute atomic E-state index is 0.285. The van der Waals surface area contributed by atoms with Gasteiger partial charge in [-0.3, -0.25) is 0 Å². The van der Waals surface area contributed by atoms with Gasteiger partial charge in [-0.05, 0) is 29.8 Å². The Bertz CT molecular complexity index is 845. The molecule has 23 heavy (non-hydrogen) atoms. The molecule has 114 valence electrons. The lowest BCUT2D eigenvalue weighted by Gasteiger charge is -2.10. The molecule has 0 aliphatic rings. The molecule has 0 saturated heterocycles. The van der Waals surface area contributed by atoms with Crippen molar-refractivity contribution in [2.24, 2.45) is 0 Å². The lowest BCUT2D eigenvalue weighted by Crippen LogP contribution is -2.11. The molecule has 3 aromatic carbocycles. The van der Waals surface area contributed by atoms with E-state index >= 15 is 0 Å². The smallest absolute Gasteiger partial charge is 0.346 e. The van der Waals surface area contributed by atoms with Crippen LogP contribution in [0.2, 0.25) is 0 Å². The number of esters is 1. The number of halogens is 2. The topological polar surface area (TPSA) is 26.3 Å². The lowest BCUT2D eigenvalue weighted by molar-refractivity contribution is 0.0730. The standard InChI is InChI=1S/C19H12F2O2/c20-14-10-11-17(21)16(12-14)19(22)23-18-9-5-4-8-15(18)13-6-2-1-3-7-13/h1-12H. The first-order valence-electron chi connectivity index (χ1n) is 6.97. The number of ether oxygens (including phenoxy) is 1. The van der Waals surface area contributed by atoms with Crippen LogP contribution in [0.15, 0.2) is 72.8 Å². The van der Waals surface area contributed by atoms with Crippen molar-refractivity contribution in [2.45, 2.75) is 0 Å². The summed E-state index contributed by atoms with van der Waals surface area (Å²) < 4.78 is 32.2. The van der Waals surface area contributed by atoms with Gasteiger partial charge in [-0.25, -0.2) is 13.6 Å². The molecule has 0 saturated carbocycles. The average molecular weight is 310 g/mol. The molecule has 0 heterocycles. The molecular weight excluding hydrogens is 298 g/mol. The highest BCUT2D eigenvalue weighted by atomic mass is 19.1. The van der Waals surface area contributed by atoms with E-state index in [4.69, 9.17) is 4.74 Å². The fourth-order valence-electron chi connectivity index (χ4n) is 2.22. The minimum Gasteiger partial charge on any atom is -0.422 e. The van der Waals surface area contributed by atoms with Crippen molar-refractivity contribution >= 4 is 5.97 Å². The Kier molecular flexibility index (Phi) is 4.15. The SMILES string of the molecule is O=C(Oc1ccccc1-c1ccccc1)c1cc(F)ccc1F. The van der Waals surface area contributed by atoms with Crippen molar-refractivity contribution in [3.8, 4) is 16.9 Å². The van der Waals surface area contributed by atoms with E-state index in [9.17, 15) is 13.6 Å². The van der Waals surface area contributed by atoms with E-state index in [0.717, 1.165) is 23.8 Å². The summed E-state index contributed by atoms with van der Waals surface area (Å²) in [5.41, 5.74) is 1.11. The van der Waals surface area contributed by atoms with Gasteiger partial charge < -0.3 is 4.74 Å². The fraction of sp³-hybridized carbons (Fsp3) is 0. The highest BCUT2D eigenvalue weighted by Gasteiger charge is 2.17. The molecule has 0 unspecified atom stereocenters. The second kappa shape index (κ2) is 6.40. The number of hydrogen-bond acceptors (Lipinski definition) is 2. The van der Waals surface area contributed by atoms with Crippen LogP contribution in [0, 0.1) is 11.6 Å². The Hall–Kier alpha value is -3.01. The molecule has 0 aliphatic carbocycles. The average Bonchev–Trinajstić information content (AvgIpc) is 2.58. The van der Waals surface area contributed by atoms with Crippen LogP contribution in [0.25, 0.3) is 11.1 Å². The molecule has 0 fully saturated rings. The van der Waals surface area contributed by atoms with Gasteiger partial charge in [0.15, 0.2) is 0 Å². The van der Waals surface area contributed by atoms with Crippen molar-refractivity contribution in [3.05, 3.63) is 90.0 Å². The van der Waals surface area contributed by atoms with Crippen LogP contribution in [-0.4, -0.2) is 5.97 Å². The van der Waals surface area contributed by atoms with E-state index in [1.807, 2.05) is 36.4 Å². The largest absolute Gasteiger partial charge is 0.422 e. The third-order valence-corrected chi connectivity index (χ3v) is 3.32. The van der Waals surface area contributed by atoms with Crippen molar-refractivity contribution in [1.82, 2.24) is 0 Å². The molecule has 3 rings (SSSR count). The van der Waals surface area contributed by atoms with Crippen molar-refractivity contribution < 1.29 is 18.3 Å². The van der Waals surface area contributed by atoms with Crippen LogP contribution < -0.4 is 4.74 Å². The molecule has 0 amide bonds. The van der Waals surface area contributed by atoms with Gasteiger partial charge in [0.05, 0.1) is 5.56 Å². The van der Waals surface area contributed by atoms with E-state index < -0.39 is 23.2 Å². The lowest BCUT2D eigenvalue weighted by atomic mass is 10.0. The maximum absolute atomic E-state index is 13.7. The summed E-state index contributed by atoms with van der Waals surface area (Å²) in [6, 6.07) is 18.9. The third kappa shape index (κ3) is 3.26. The number of para-hydroxylation sites is 1. The van der Waals surface area contributed by atoms with Crippen LogP contribution in [-0.2, 0) is 0 Å². The predicted molar refractivity (Wildman–Crippen MR) is 83.2 cm³/mol. The maximum Gasteiger partial charge on any atom is 0.346 e. The molecule has 0 radical (unpaired) electrons. The van der Waals surface area contributed by atoms with E-state index in [0.29, 0.717) is 5.56 Å². The monoisotopic (exact) mass is 310 g/mol. The van der Waals surface area contributed by atoms with Gasteiger partial charge in [-0.1, -0.05) is 48.5 Å². The van der Waals surface area contributed by atoms with Gasteiger partial charge in [0.1, 0.15) is 17.4 Å². The van der Waals surface area contributed by atoms with E-state index in [2.05, 4.69) is 0 Å². The first-order chi connectivity index (χ1) is 11.1. The summed E-state index contributed by atoms with van der Waals surface area (Å²) in [6.45, 7) is 0. The molecule has 0 aliphatic heterocycles. The summed E-state index contributed by atoms with van der Waals surface area (Å²) >= 11 is 0. The zero-order chi connectivity index (χ0) is 16.2. The van der Waals surface area contributed by atoms with Gasteiger partial charge in [0.25, 0.3) is 0 Å². The first kappa shape index (κ1) is 14.9. The number of carbonyl (C=O) groups is 1. The minimum atomic E-state index is -0.939. The quantitative estimate of drug-likeness (QED) is 0.510. The van der Waals surface area contributed by atoms with Crippen molar-refractivity contribution in [1.29, 1.82) is 0 Å². The molecule has 2 nitrogen and oxygen atoms in total. The molecule has 0 spiro atoms. The molecular formula is C19H12F2O2. The summed E-state index contributed by atoms with van der Waals surface area (Å²) in [4.78, 5) is 12.1. The van der Waals surface area contributed by atoms with E-state index in [-0.39, 0.29) is 5.75 Å². The molecule has 4 heteroatoms. The van der Waals surface area contributed by atoms with E-state index in [1.165, 1.54) is 0 Å². The number of carbonyl (C=O) groups excluding carboxylic acids is 1. The summed E-state index contributed by atoms with van der Waals surface area (Å²) in [6.07, 6.45) is 0. The first-order valence-corrected chi connectivity index (χ1v) is 6.97. The highest BCUT2D eigenvalue weighted by Crippen LogP contribution is 2.30. The van der Waals surface area contributed by atoms with Crippen molar-refractivity contribution in [2.75, 3.05) is 0 Å². The van der Waals surface area contributed by atoms with E-state index in [1.54, 1.807) is 18.2 Å². The predicted octanol–water partition coefficient (Wildman–Crippen LogP) is 4.85. The van der Waals surface area contributed by atoms with Gasteiger partial charge in [-0.2, -0.15) is 0 Å². The van der Waals surface area contributed by atoms with Crippen LogP contribution in [0.1, 0.15) is 10.4 Å². The Morgan fingerprint density at radius 2 is 1.52 bits per heavy atom. The zero-order valence-electron chi connectivity index (χ0n) is 12.0. The van der Waals surface area contributed by atoms with Crippen LogP contribution in [0.4, 0.5) is 8.78 Å². The number of rotatable bonds is 3. The highest BCUT2D eigenvalue weighted by molar-refractivity contribution is 5.92. The molecule has 0 atom stereocenters. The molecule has 0 aromatic heterocycles. The van der Waals surface area contributed by atoms with Crippen molar-refractivity contribution in [3.63, 3.8) is 0 Å². The summed E-state index contributed by atoms with van der Waals surface area (Å²) in [7, 11) is 0. The van der Waals surface area contributed by atoms with Crippen LogP contribution >= 0.6 is 0 Å².